The third-order valence-electron chi connectivity index (χ3n) is 4.00. The normalized spacial score (nSPS) is 11.3. The lowest BCUT2D eigenvalue weighted by Gasteiger charge is -2.04. The first kappa shape index (κ1) is 18.8. The van der Waals surface area contributed by atoms with Gasteiger partial charge in [0.05, 0.1) is 11.5 Å². The molecular weight excluding hydrogens is 364 g/mol. The molecule has 0 N–H and O–H groups in total. The average Bonchev–Trinajstić information content (AvgIpc) is 3.06. The van der Waals surface area contributed by atoms with Gasteiger partial charge in [-0.25, -0.2) is 8.42 Å². The summed E-state index contributed by atoms with van der Waals surface area (Å²) in [6.07, 6.45) is 2.97. The number of esters is 1. The van der Waals surface area contributed by atoms with Crippen LogP contribution in [-0.4, -0.2) is 37.0 Å². The van der Waals surface area contributed by atoms with E-state index in [-0.39, 0.29) is 17.4 Å². The molecule has 1 heterocycles. The van der Waals surface area contributed by atoms with Crippen LogP contribution in [0.5, 0.6) is 0 Å². The summed E-state index contributed by atoms with van der Waals surface area (Å²) in [7, 11) is -3.27. The second kappa shape index (κ2) is 7.75. The van der Waals surface area contributed by atoms with Gasteiger partial charge < -0.3 is 4.74 Å². The Balaban J connectivity index is 2.04. The van der Waals surface area contributed by atoms with Gasteiger partial charge in [-0.05, 0) is 24.6 Å². The smallest absolute Gasteiger partial charge is 0.327 e. The van der Waals surface area contributed by atoms with E-state index >= 15 is 0 Å². The summed E-state index contributed by atoms with van der Waals surface area (Å²) in [5.74, 6) is -0.362. The van der Waals surface area contributed by atoms with Crippen molar-refractivity contribution in [2.75, 3.05) is 12.9 Å². The van der Waals surface area contributed by atoms with Crippen LogP contribution >= 0.6 is 0 Å². The fourth-order valence-electron chi connectivity index (χ4n) is 2.74. The Hall–Kier alpha value is -2.93. The van der Waals surface area contributed by atoms with Crippen LogP contribution in [0.1, 0.15) is 6.92 Å². The number of carbonyl (C=O) groups excluding carboxylic acids is 1. The molecule has 140 valence electrons. The number of benzene rings is 2. The molecule has 2 aromatic carbocycles. The van der Waals surface area contributed by atoms with Crippen molar-refractivity contribution in [3.63, 3.8) is 0 Å². The minimum atomic E-state index is -3.27. The van der Waals surface area contributed by atoms with Gasteiger partial charge in [0.15, 0.2) is 9.84 Å². The van der Waals surface area contributed by atoms with E-state index in [0.717, 1.165) is 16.7 Å². The molecule has 0 aliphatic rings. The number of sulfone groups is 1. The Bertz CT molecular complexity index is 1040. The predicted molar refractivity (Wildman–Crippen MR) is 103 cm³/mol. The van der Waals surface area contributed by atoms with Crippen molar-refractivity contribution in [3.8, 4) is 22.4 Å². The first-order chi connectivity index (χ1) is 12.9. The molecule has 7 heteroatoms. The number of rotatable bonds is 6. The molecule has 0 radical (unpaired) electrons. The number of nitrogens with zero attached hydrogens (tertiary/aromatic N) is 2. The zero-order valence-corrected chi connectivity index (χ0v) is 15.9. The standard InChI is InChI=1S/C20H20N2O4S/c1-3-26-19(23)14-22-13-18(15-7-5-4-6-8-15)20(21-22)16-9-11-17(12-10-16)27(2,24)25/h4-13H,3,14H2,1-2H3. The zero-order valence-electron chi connectivity index (χ0n) is 15.1. The van der Waals surface area contributed by atoms with Crippen LogP contribution in [0.4, 0.5) is 0 Å². The Labute approximate surface area is 158 Å². The van der Waals surface area contributed by atoms with Crippen molar-refractivity contribution in [1.82, 2.24) is 9.78 Å². The van der Waals surface area contributed by atoms with Crippen molar-refractivity contribution in [1.29, 1.82) is 0 Å². The molecule has 1 aromatic heterocycles. The number of aromatic nitrogens is 2. The summed E-state index contributed by atoms with van der Waals surface area (Å²) < 4.78 is 29.9. The van der Waals surface area contributed by atoms with Gasteiger partial charge in [-0.15, -0.1) is 0 Å². The van der Waals surface area contributed by atoms with E-state index in [0.29, 0.717) is 12.3 Å². The zero-order chi connectivity index (χ0) is 19.4. The molecule has 0 saturated carbocycles. The topological polar surface area (TPSA) is 78.3 Å². The van der Waals surface area contributed by atoms with Crippen LogP contribution in [0, 0.1) is 0 Å². The first-order valence-electron chi connectivity index (χ1n) is 8.47. The van der Waals surface area contributed by atoms with E-state index in [2.05, 4.69) is 5.10 Å². The van der Waals surface area contributed by atoms with Crippen LogP contribution in [0.15, 0.2) is 65.7 Å². The molecule has 0 bridgehead atoms. The Morgan fingerprint density at radius 3 is 2.30 bits per heavy atom. The second-order valence-electron chi connectivity index (χ2n) is 6.06. The van der Waals surface area contributed by atoms with Gasteiger partial charge in [0, 0.05) is 23.6 Å². The van der Waals surface area contributed by atoms with Crippen molar-refractivity contribution >= 4 is 15.8 Å². The van der Waals surface area contributed by atoms with E-state index in [1.165, 1.54) is 6.26 Å². The summed E-state index contributed by atoms with van der Waals surface area (Å²) >= 11 is 0. The third-order valence-corrected chi connectivity index (χ3v) is 5.13. The fourth-order valence-corrected chi connectivity index (χ4v) is 3.37. The number of ether oxygens (including phenoxy) is 1. The molecule has 0 saturated heterocycles. The summed E-state index contributed by atoms with van der Waals surface area (Å²) in [6, 6.07) is 16.3. The van der Waals surface area contributed by atoms with Crippen LogP contribution in [0.2, 0.25) is 0 Å². The maximum absolute atomic E-state index is 11.8. The molecule has 3 rings (SSSR count). The molecule has 0 unspecified atom stereocenters. The summed E-state index contributed by atoms with van der Waals surface area (Å²) in [5.41, 5.74) is 3.25. The fraction of sp³-hybridized carbons (Fsp3) is 0.200. The Kier molecular flexibility index (Phi) is 5.41. The van der Waals surface area contributed by atoms with Crippen LogP contribution in [-0.2, 0) is 25.9 Å². The lowest BCUT2D eigenvalue weighted by atomic mass is 10.0. The second-order valence-corrected chi connectivity index (χ2v) is 8.07. The van der Waals surface area contributed by atoms with E-state index in [9.17, 15) is 13.2 Å². The predicted octanol–water partition coefficient (Wildman–Crippen LogP) is 3.18. The average molecular weight is 384 g/mol. The molecule has 0 spiro atoms. The summed E-state index contributed by atoms with van der Waals surface area (Å²) in [6.45, 7) is 2.08. The van der Waals surface area contributed by atoms with E-state index in [4.69, 9.17) is 4.74 Å². The number of hydrogen-bond acceptors (Lipinski definition) is 5. The molecule has 0 aliphatic carbocycles. The van der Waals surface area contributed by atoms with Gasteiger partial charge >= 0.3 is 5.97 Å². The van der Waals surface area contributed by atoms with Gasteiger partial charge in [0.25, 0.3) is 0 Å². The number of hydrogen-bond donors (Lipinski definition) is 0. The van der Waals surface area contributed by atoms with Gasteiger partial charge in [-0.2, -0.15) is 5.10 Å². The summed E-state index contributed by atoms with van der Waals surface area (Å²) in [4.78, 5) is 12.1. The molecule has 27 heavy (non-hydrogen) atoms. The summed E-state index contributed by atoms with van der Waals surface area (Å²) in [5, 5.41) is 4.54. The minimum absolute atomic E-state index is 0.00902. The van der Waals surface area contributed by atoms with E-state index in [1.807, 2.05) is 30.3 Å². The SMILES string of the molecule is CCOC(=O)Cn1cc(-c2ccccc2)c(-c2ccc(S(C)(=O)=O)cc2)n1. The molecule has 3 aromatic rings. The lowest BCUT2D eigenvalue weighted by molar-refractivity contribution is -0.144. The quantitative estimate of drug-likeness (QED) is 0.610. The van der Waals surface area contributed by atoms with Gasteiger partial charge in [-0.1, -0.05) is 42.5 Å². The third kappa shape index (κ3) is 4.43. The number of carbonyl (C=O) groups is 1. The van der Waals surface area contributed by atoms with Crippen molar-refractivity contribution in [2.24, 2.45) is 0 Å². The monoisotopic (exact) mass is 384 g/mol. The van der Waals surface area contributed by atoms with Gasteiger partial charge in [0.2, 0.25) is 0 Å². The Morgan fingerprint density at radius 1 is 1.04 bits per heavy atom. The van der Waals surface area contributed by atoms with Crippen molar-refractivity contribution < 1.29 is 17.9 Å². The van der Waals surface area contributed by atoms with Crippen LogP contribution < -0.4 is 0 Å². The first-order valence-corrected chi connectivity index (χ1v) is 10.4. The molecule has 0 amide bonds. The van der Waals surface area contributed by atoms with Crippen LogP contribution in [0.25, 0.3) is 22.4 Å². The van der Waals surface area contributed by atoms with Crippen molar-refractivity contribution in [3.05, 3.63) is 60.8 Å². The molecular formula is C20H20N2O4S. The van der Waals surface area contributed by atoms with Gasteiger partial charge in [0.1, 0.15) is 12.2 Å². The van der Waals surface area contributed by atoms with Crippen molar-refractivity contribution in [2.45, 2.75) is 18.4 Å². The van der Waals surface area contributed by atoms with E-state index < -0.39 is 9.84 Å². The highest BCUT2D eigenvalue weighted by molar-refractivity contribution is 7.90. The molecule has 0 aliphatic heterocycles. The highest BCUT2D eigenvalue weighted by Gasteiger charge is 2.16. The molecule has 0 atom stereocenters. The highest BCUT2D eigenvalue weighted by atomic mass is 32.2. The largest absolute Gasteiger partial charge is 0.465 e. The van der Waals surface area contributed by atoms with Gasteiger partial charge in [-0.3, -0.25) is 9.48 Å². The maximum atomic E-state index is 11.8. The lowest BCUT2D eigenvalue weighted by Crippen LogP contribution is -2.13. The molecule has 6 nitrogen and oxygen atoms in total. The maximum Gasteiger partial charge on any atom is 0.327 e. The Morgan fingerprint density at radius 2 is 1.70 bits per heavy atom. The minimum Gasteiger partial charge on any atom is -0.465 e. The van der Waals surface area contributed by atoms with E-state index in [1.54, 1.807) is 42.1 Å². The highest BCUT2D eigenvalue weighted by Crippen LogP contribution is 2.31. The van der Waals surface area contributed by atoms with Crippen LogP contribution in [0.3, 0.4) is 0 Å². The molecule has 0 fully saturated rings.